The Morgan fingerprint density at radius 2 is 1.78 bits per heavy atom. The van der Waals surface area contributed by atoms with Gasteiger partial charge in [-0.3, -0.25) is 14.5 Å². The van der Waals surface area contributed by atoms with Gasteiger partial charge in [0.2, 0.25) is 5.60 Å². The predicted molar refractivity (Wildman–Crippen MR) is 98.4 cm³/mol. The largest absolute Gasteiger partial charge is 0.454 e. The Bertz CT molecular complexity index is 1020. The highest BCUT2D eigenvalue weighted by Gasteiger charge is 2.58. The summed E-state index contributed by atoms with van der Waals surface area (Å²) in [5.41, 5.74) is -1.30. The Labute approximate surface area is 156 Å². The van der Waals surface area contributed by atoms with Crippen LogP contribution in [0.2, 0.25) is 0 Å². The van der Waals surface area contributed by atoms with E-state index >= 15 is 4.39 Å². The lowest BCUT2D eigenvalue weighted by Crippen LogP contribution is -2.57. The Kier molecular flexibility index (Phi) is 3.54. The molecule has 0 aromatic heterocycles. The number of halogens is 1. The summed E-state index contributed by atoms with van der Waals surface area (Å²) in [4.78, 5) is 31.5. The number of likely N-dealkylation sites (N-methyl/N-ethyl adjacent to an activating group) is 1. The van der Waals surface area contributed by atoms with Gasteiger partial charge in [-0.25, -0.2) is 9.38 Å². The fourth-order valence-electron chi connectivity index (χ4n) is 3.54. The number of amides is 2. The van der Waals surface area contributed by atoms with E-state index in [0.29, 0.717) is 22.7 Å². The van der Waals surface area contributed by atoms with Crippen molar-refractivity contribution in [3.8, 4) is 0 Å². The van der Waals surface area contributed by atoms with Gasteiger partial charge in [0, 0.05) is 23.6 Å². The maximum atomic E-state index is 15.0. The van der Waals surface area contributed by atoms with E-state index in [-0.39, 0.29) is 5.56 Å². The smallest absolute Gasteiger partial charge is 0.283 e. The Balaban J connectivity index is 2.14. The molecule has 1 atom stereocenters. The number of hydrogen-bond donors (Lipinski definition) is 0. The molecule has 2 aromatic rings. The standard InChI is InChI=1S/C21H19FN2O3/c1-20(2,3)18-23-15-11-7-10-14(22)16(15)21(27-18)13-9-6-5-8-12(13)17(25)24(4)19(21)26/h5-11H,1-4H3. The number of ether oxygens (including phenoxy) is 1. The molecule has 1 spiro atoms. The van der Waals surface area contributed by atoms with Gasteiger partial charge in [0.15, 0.2) is 5.90 Å². The molecule has 0 fully saturated rings. The van der Waals surface area contributed by atoms with E-state index in [1.165, 1.54) is 13.1 Å². The molecule has 2 heterocycles. The quantitative estimate of drug-likeness (QED) is 0.667. The first-order chi connectivity index (χ1) is 12.7. The Hall–Kier alpha value is -3.02. The molecular formula is C21H19FN2O3. The van der Waals surface area contributed by atoms with Crippen molar-refractivity contribution in [1.82, 2.24) is 4.90 Å². The van der Waals surface area contributed by atoms with Crippen molar-refractivity contribution in [3.05, 3.63) is 65.0 Å². The number of imide groups is 1. The molecule has 0 saturated carbocycles. The molecule has 27 heavy (non-hydrogen) atoms. The highest BCUT2D eigenvalue weighted by atomic mass is 19.1. The number of nitrogens with zero attached hydrogens (tertiary/aromatic N) is 2. The van der Waals surface area contributed by atoms with Gasteiger partial charge < -0.3 is 4.74 Å². The molecule has 2 amide bonds. The first-order valence-corrected chi connectivity index (χ1v) is 8.67. The second-order valence-electron chi connectivity index (χ2n) is 7.80. The first-order valence-electron chi connectivity index (χ1n) is 8.67. The topological polar surface area (TPSA) is 59.0 Å². The minimum absolute atomic E-state index is 0.0369. The van der Waals surface area contributed by atoms with Crippen LogP contribution in [0.5, 0.6) is 0 Å². The molecule has 2 aliphatic heterocycles. The fourth-order valence-corrected chi connectivity index (χ4v) is 3.54. The molecule has 0 bridgehead atoms. The summed E-state index contributed by atoms with van der Waals surface area (Å²) < 4.78 is 21.2. The van der Waals surface area contributed by atoms with Crippen molar-refractivity contribution in [1.29, 1.82) is 0 Å². The fraction of sp³-hybridized carbons (Fsp3) is 0.286. The summed E-state index contributed by atoms with van der Waals surface area (Å²) in [7, 11) is 1.38. The van der Waals surface area contributed by atoms with Crippen LogP contribution in [-0.2, 0) is 15.1 Å². The lowest BCUT2D eigenvalue weighted by Gasteiger charge is -2.44. The number of carbonyl (C=O) groups excluding carboxylic acids is 2. The number of carbonyl (C=O) groups is 2. The summed E-state index contributed by atoms with van der Waals surface area (Å²) in [6, 6.07) is 11.1. The second kappa shape index (κ2) is 5.49. The lowest BCUT2D eigenvalue weighted by atomic mass is 9.77. The number of rotatable bonds is 0. The van der Waals surface area contributed by atoms with Gasteiger partial charge in [-0.2, -0.15) is 0 Å². The van der Waals surface area contributed by atoms with Crippen LogP contribution in [0.25, 0.3) is 0 Å². The normalized spacial score (nSPS) is 21.5. The highest BCUT2D eigenvalue weighted by molar-refractivity contribution is 6.15. The summed E-state index contributed by atoms with van der Waals surface area (Å²) in [5, 5.41) is 0. The van der Waals surface area contributed by atoms with Gasteiger partial charge in [-0.1, -0.05) is 45.0 Å². The summed E-state index contributed by atoms with van der Waals surface area (Å²) in [5.74, 6) is -1.36. The maximum Gasteiger partial charge on any atom is 0.283 e. The van der Waals surface area contributed by atoms with Crippen LogP contribution in [0.1, 0.15) is 42.3 Å². The zero-order chi connectivity index (χ0) is 19.6. The van der Waals surface area contributed by atoms with Crippen molar-refractivity contribution in [2.24, 2.45) is 10.4 Å². The van der Waals surface area contributed by atoms with Crippen molar-refractivity contribution in [3.63, 3.8) is 0 Å². The van der Waals surface area contributed by atoms with E-state index < -0.39 is 28.6 Å². The van der Waals surface area contributed by atoms with Crippen LogP contribution in [-0.4, -0.2) is 29.7 Å². The molecule has 6 heteroatoms. The molecule has 2 aromatic carbocycles. The molecule has 0 aliphatic carbocycles. The number of fused-ring (bicyclic) bond motifs is 4. The van der Waals surface area contributed by atoms with Crippen molar-refractivity contribution < 1.29 is 18.7 Å². The van der Waals surface area contributed by atoms with Gasteiger partial charge in [-0.15, -0.1) is 0 Å². The van der Waals surface area contributed by atoms with Gasteiger partial charge in [-0.05, 0) is 18.2 Å². The van der Waals surface area contributed by atoms with Crippen LogP contribution in [0, 0.1) is 11.2 Å². The van der Waals surface area contributed by atoms with Gasteiger partial charge >= 0.3 is 0 Å². The minimum atomic E-state index is -1.79. The van der Waals surface area contributed by atoms with Crippen LogP contribution in [0.3, 0.4) is 0 Å². The third kappa shape index (κ3) is 2.25. The number of hydrogen-bond acceptors (Lipinski definition) is 4. The summed E-state index contributed by atoms with van der Waals surface area (Å²) in [6.45, 7) is 5.70. The Morgan fingerprint density at radius 3 is 2.48 bits per heavy atom. The average molecular weight is 366 g/mol. The highest BCUT2D eigenvalue weighted by Crippen LogP contribution is 2.49. The zero-order valence-corrected chi connectivity index (χ0v) is 15.5. The lowest BCUT2D eigenvalue weighted by molar-refractivity contribution is -0.144. The van der Waals surface area contributed by atoms with Gasteiger partial charge in [0.25, 0.3) is 11.8 Å². The molecule has 5 nitrogen and oxygen atoms in total. The van der Waals surface area contributed by atoms with E-state index in [2.05, 4.69) is 4.99 Å². The van der Waals surface area contributed by atoms with Crippen LogP contribution < -0.4 is 0 Å². The monoisotopic (exact) mass is 366 g/mol. The van der Waals surface area contributed by atoms with E-state index in [9.17, 15) is 9.59 Å². The Morgan fingerprint density at radius 1 is 1.07 bits per heavy atom. The second-order valence-corrected chi connectivity index (χ2v) is 7.80. The van der Waals surface area contributed by atoms with E-state index in [4.69, 9.17) is 4.74 Å². The van der Waals surface area contributed by atoms with Gasteiger partial charge in [0.05, 0.1) is 11.3 Å². The molecule has 0 N–H and O–H groups in total. The number of aliphatic imine (C=N–C) groups is 1. The van der Waals surface area contributed by atoms with E-state index in [0.717, 1.165) is 4.90 Å². The van der Waals surface area contributed by atoms with E-state index in [1.54, 1.807) is 36.4 Å². The molecule has 2 aliphatic rings. The predicted octanol–water partition coefficient (Wildman–Crippen LogP) is 3.79. The SMILES string of the molecule is CN1C(=O)c2ccccc2C2(OC(C(C)(C)C)=Nc3cccc(F)c32)C1=O. The molecule has 1 unspecified atom stereocenters. The van der Waals surface area contributed by atoms with Crippen molar-refractivity contribution in [2.75, 3.05) is 7.05 Å². The molecule has 138 valence electrons. The average Bonchev–Trinajstić information content (AvgIpc) is 2.63. The zero-order valence-electron chi connectivity index (χ0n) is 15.5. The van der Waals surface area contributed by atoms with Crippen molar-refractivity contribution >= 4 is 23.4 Å². The van der Waals surface area contributed by atoms with E-state index in [1.807, 2.05) is 20.8 Å². The third-order valence-electron chi connectivity index (χ3n) is 4.90. The third-order valence-corrected chi connectivity index (χ3v) is 4.90. The summed E-state index contributed by atoms with van der Waals surface area (Å²) in [6.07, 6.45) is 0. The maximum absolute atomic E-state index is 15.0. The first kappa shape index (κ1) is 17.4. The molecule has 4 rings (SSSR count). The molecule has 0 radical (unpaired) electrons. The summed E-state index contributed by atoms with van der Waals surface area (Å²) >= 11 is 0. The molecule has 0 saturated heterocycles. The molecular weight excluding hydrogens is 347 g/mol. The van der Waals surface area contributed by atoms with Crippen LogP contribution in [0.4, 0.5) is 10.1 Å². The van der Waals surface area contributed by atoms with Crippen LogP contribution in [0.15, 0.2) is 47.5 Å². The van der Waals surface area contributed by atoms with Crippen LogP contribution >= 0.6 is 0 Å². The van der Waals surface area contributed by atoms with Crippen molar-refractivity contribution in [2.45, 2.75) is 26.4 Å². The minimum Gasteiger partial charge on any atom is -0.454 e. The number of benzene rings is 2. The van der Waals surface area contributed by atoms with Gasteiger partial charge in [0.1, 0.15) is 5.82 Å².